The van der Waals surface area contributed by atoms with Crippen molar-refractivity contribution in [2.45, 2.75) is 44.4 Å². The van der Waals surface area contributed by atoms with Crippen LogP contribution in [0.5, 0.6) is 5.75 Å². The minimum atomic E-state index is -0.176. The summed E-state index contributed by atoms with van der Waals surface area (Å²) in [6, 6.07) is 11.6. The van der Waals surface area contributed by atoms with Crippen LogP contribution in [0.2, 0.25) is 5.02 Å². The van der Waals surface area contributed by atoms with E-state index in [1.54, 1.807) is 6.07 Å². The molecule has 0 fully saturated rings. The van der Waals surface area contributed by atoms with Gasteiger partial charge in [-0.05, 0) is 73.6 Å². The summed E-state index contributed by atoms with van der Waals surface area (Å²) in [7, 11) is 0. The lowest BCUT2D eigenvalue weighted by molar-refractivity contribution is -0.113. The van der Waals surface area contributed by atoms with Gasteiger partial charge in [-0.1, -0.05) is 35.5 Å². The normalized spacial score (nSPS) is 13.0. The molecule has 0 unspecified atom stereocenters. The number of thioether (sulfide) groups is 1. The Morgan fingerprint density at radius 3 is 2.83 bits per heavy atom. The van der Waals surface area contributed by atoms with Gasteiger partial charge in [0, 0.05) is 10.7 Å². The third-order valence-corrected chi connectivity index (χ3v) is 6.14. The maximum absolute atomic E-state index is 12.1. The SMILES string of the molecule is Cc1ccc(NC(=O)CSc2nnc(COc3ccc4c(c3)CCCC4)o2)cc1Cl. The topological polar surface area (TPSA) is 77.2 Å². The van der Waals surface area contributed by atoms with Crippen LogP contribution >= 0.6 is 23.4 Å². The van der Waals surface area contributed by atoms with Crippen molar-refractivity contribution in [3.05, 3.63) is 64.0 Å². The van der Waals surface area contributed by atoms with Gasteiger partial charge >= 0.3 is 0 Å². The van der Waals surface area contributed by atoms with E-state index < -0.39 is 0 Å². The number of nitrogens with zero attached hydrogens (tertiary/aromatic N) is 2. The van der Waals surface area contributed by atoms with Gasteiger partial charge < -0.3 is 14.5 Å². The average molecular weight is 444 g/mol. The van der Waals surface area contributed by atoms with Crippen molar-refractivity contribution < 1.29 is 13.9 Å². The number of ether oxygens (including phenoxy) is 1. The molecule has 3 aromatic rings. The zero-order valence-electron chi connectivity index (χ0n) is 16.6. The zero-order valence-corrected chi connectivity index (χ0v) is 18.2. The number of carbonyl (C=O) groups is 1. The average Bonchev–Trinajstić information content (AvgIpc) is 3.21. The molecule has 4 rings (SSSR count). The minimum absolute atomic E-state index is 0.152. The van der Waals surface area contributed by atoms with Crippen molar-refractivity contribution in [2.75, 3.05) is 11.1 Å². The fraction of sp³-hybridized carbons (Fsp3) is 0.318. The first kappa shape index (κ1) is 20.8. The summed E-state index contributed by atoms with van der Waals surface area (Å²) in [5.74, 6) is 1.16. The van der Waals surface area contributed by atoms with Gasteiger partial charge in [0.25, 0.3) is 11.1 Å². The lowest BCUT2D eigenvalue weighted by atomic mass is 9.92. The fourth-order valence-electron chi connectivity index (χ4n) is 3.29. The molecule has 0 bridgehead atoms. The quantitative estimate of drug-likeness (QED) is 0.504. The Balaban J connectivity index is 1.26. The van der Waals surface area contributed by atoms with Crippen molar-refractivity contribution in [3.63, 3.8) is 0 Å². The third kappa shape index (κ3) is 5.34. The van der Waals surface area contributed by atoms with E-state index in [2.05, 4.69) is 27.6 Å². The molecule has 8 heteroatoms. The molecule has 156 valence electrons. The highest BCUT2D eigenvalue weighted by atomic mass is 35.5. The number of aryl methyl sites for hydroxylation is 3. The molecule has 0 saturated heterocycles. The Morgan fingerprint density at radius 1 is 1.17 bits per heavy atom. The van der Waals surface area contributed by atoms with Crippen LogP contribution in [0.25, 0.3) is 0 Å². The van der Waals surface area contributed by atoms with Crippen molar-refractivity contribution in [1.82, 2.24) is 10.2 Å². The summed E-state index contributed by atoms with van der Waals surface area (Å²) < 4.78 is 11.4. The van der Waals surface area contributed by atoms with Gasteiger partial charge in [-0.2, -0.15) is 0 Å². The molecule has 1 aliphatic rings. The maximum atomic E-state index is 12.1. The first-order chi connectivity index (χ1) is 14.6. The highest BCUT2D eigenvalue weighted by Gasteiger charge is 2.13. The lowest BCUT2D eigenvalue weighted by Gasteiger charge is -2.16. The number of hydrogen-bond acceptors (Lipinski definition) is 6. The van der Waals surface area contributed by atoms with Gasteiger partial charge in [-0.25, -0.2) is 0 Å². The summed E-state index contributed by atoms with van der Waals surface area (Å²) in [4.78, 5) is 12.1. The summed E-state index contributed by atoms with van der Waals surface area (Å²) in [5, 5.41) is 11.7. The Morgan fingerprint density at radius 2 is 2.00 bits per heavy atom. The van der Waals surface area contributed by atoms with Crippen LogP contribution in [0, 0.1) is 6.92 Å². The Kier molecular flexibility index (Phi) is 6.59. The molecule has 30 heavy (non-hydrogen) atoms. The molecular formula is C22H22ClN3O3S. The molecule has 1 aliphatic carbocycles. The molecule has 1 N–H and O–H groups in total. The second kappa shape index (κ2) is 9.53. The summed E-state index contributed by atoms with van der Waals surface area (Å²) in [6.07, 6.45) is 4.73. The van der Waals surface area contributed by atoms with Crippen LogP contribution in [0.1, 0.15) is 35.4 Å². The smallest absolute Gasteiger partial charge is 0.277 e. The van der Waals surface area contributed by atoms with Gasteiger partial charge in [0.05, 0.1) is 5.75 Å². The van der Waals surface area contributed by atoms with E-state index in [4.69, 9.17) is 20.8 Å². The number of carbonyl (C=O) groups excluding carboxylic acids is 1. The number of benzene rings is 2. The minimum Gasteiger partial charge on any atom is -0.484 e. The number of anilines is 1. The molecular weight excluding hydrogens is 422 g/mol. The first-order valence-corrected chi connectivity index (χ1v) is 11.2. The summed E-state index contributed by atoms with van der Waals surface area (Å²) in [6.45, 7) is 2.10. The van der Waals surface area contributed by atoms with E-state index in [1.165, 1.54) is 35.7 Å². The largest absolute Gasteiger partial charge is 0.484 e. The molecule has 2 aromatic carbocycles. The van der Waals surface area contributed by atoms with Gasteiger partial charge in [0.15, 0.2) is 6.61 Å². The number of fused-ring (bicyclic) bond motifs is 1. The molecule has 0 aliphatic heterocycles. The van der Waals surface area contributed by atoms with Crippen LogP contribution in [0.3, 0.4) is 0 Å². The van der Waals surface area contributed by atoms with Crippen LogP contribution in [-0.2, 0) is 24.2 Å². The van der Waals surface area contributed by atoms with E-state index in [9.17, 15) is 4.79 Å². The second-order valence-electron chi connectivity index (χ2n) is 7.19. The standard InChI is InChI=1S/C22H22ClN3O3S/c1-14-6-8-17(11-19(14)23)24-20(27)13-30-22-26-25-21(29-22)12-28-18-9-7-15-4-2-3-5-16(15)10-18/h6-11H,2-5,12-13H2,1H3,(H,24,27). The molecule has 0 radical (unpaired) electrons. The number of amides is 1. The number of hydrogen-bond donors (Lipinski definition) is 1. The van der Waals surface area contributed by atoms with Crippen LogP contribution in [-0.4, -0.2) is 21.9 Å². The van der Waals surface area contributed by atoms with Crippen molar-refractivity contribution >= 4 is 35.0 Å². The molecule has 0 atom stereocenters. The van der Waals surface area contributed by atoms with Crippen LogP contribution in [0.4, 0.5) is 5.69 Å². The van der Waals surface area contributed by atoms with Crippen molar-refractivity contribution in [3.8, 4) is 5.75 Å². The van der Waals surface area contributed by atoms with Gasteiger partial charge in [0.1, 0.15) is 5.75 Å². The van der Waals surface area contributed by atoms with E-state index in [0.717, 1.165) is 24.2 Å². The van der Waals surface area contributed by atoms with Crippen LogP contribution in [0.15, 0.2) is 46.0 Å². The molecule has 1 amide bonds. The van der Waals surface area contributed by atoms with Gasteiger partial charge in [0.2, 0.25) is 5.91 Å². The second-order valence-corrected chi connectivity index (χ2v) is 8.52. The van der Waals surface area contributed by atoms with Crippen molar-refractivity contribution in [2.24, 2.45) is 0 Å². The molecule has 0 saturated carbocycles. The Bertz CT molecular complexity index is 1050. The maximum Gasteiger partial charge on any atom is 0.277 e. The zero-order chi connectivity index (χ0) is 20.9. The highest BCUT2D eigenvalue weighted by Crippen LogP contribution is 2.26. The molecule has 1 aromatic heterocycles. The Hall–Kier alpha value is -2.51. The van der Waals surface area contributed by atoms with E-state index in [-0.39, 0.29) is 18.3 Å². The monoisotopic (exact) mass is 443 g/mol. The van der Waals surface area contributed by atoms with E-state index in [1.807, 2.05) is 25.1 Å². The first-order valence-electron chi connectivity index (χ1n) is 9.82. The number of aromatic nitrogens is 2. The van der Waals surface area contributed by atoms with E-state index >= 15 is 0 Å². The third-order valence-electron chi connectivity index (χ3n) is 4.91. The predicted octanol–water partition coefficient (Wildman–Crippen LogP) is 5.22. The van der Waals surface area contributed by atoms with Crippen molar-refractivity contribution in [1.29, 1.82) is 0 Å². The lowest BCUT2D eigenvalue weighted by Crippen LogP contribution is -2.14. The fourth-order valence-corrected chi connectivity index (χ4v) is 4.06. The number of nitrogens with one attached hydrogen (secondary N) is 1. The summed E-state index contributed by atoms with van der Waals surface area (Å²) >= 11 is 7.26. The number of halogens is 1. The van der Waals surface area contributed by atoms with Gasteiger partial charge in [-0.15, -0.1) is 10.2 Å². The van der Waals surface area contributed by atoms with Crippen LogP contribution < -0.4 is 10.1 Å². The molecule has 6 nitrogen and oxygen atoms in total. The highest BCUT2D eigenvalue weighted by molar-refractivity contribution is 7.99. The predicted molar refractivity (Wildman–Crippen MR) is 117 cm³/mol. The van der Waals surface area contributed by atoms with E-state index in [0.29, 0.717) is 21.8 Å². The molecule has 0 spiro atoms. The molecule has 1 heterocycles. The summed E-state index contributed by atoms with van der Waals surface area (Å²) in [5.41, 5.74) is 4.39. The Labute approximate surface area is 184 Å². The number of rotatable bonds is 7. The van der Waals surface area contributed by atoms with Gasteiger partial charge in [-0.3, -0.25) is 4.79 Å².